The Morgan fingerprint density at radius 1 is 1.11 bits per heavy atom. The van der Waals surface area contributed by atoms with Gasteiger partial charge in [0.25, 0.3) is 5.69 Å². The van der Waals surface area contributed by atoms with Crippen LogP contribution in [0.2, 0.25) is 0 Å². The van der Waals surface area contributed by atoms with Crippen molar-refractivity contribution in [3.63, 3.8) is 0 Å². The maximum Gasteiger partial charge on any atom is 0.338 e. The van der Waals surface area contributed by atoms with Crippen LogP contribution in [0.3, 0.4) is 0 Å². The number of amides is 2. The van der Waals surface area contributed by atoms with E-state index in [-0.39, 0.29) is 48.0 Å². The number of benzene rings is 2. The zero-order valence-electron chi connectivity index (χ0n) is 18.7. The first kappa shape index (κ1) is 21.5. The highest BCUT2D eigenvalue weighted by atomic mass is 16.6. The molecule has 10 nitrogen and oxygen atoms in total. The molecule has 4 aliphatic rings. The van der Waals surface area contributed by atoms with Crippen LogP contribution in [0, 0.1) is 39.7 Å². The first-order chi connectivity index (χ1) is 16.9. The summed E-state index contributed by atoms with van der Waals surface area (Å²) in [6.45, 7) is 1.97. The largest absolute Gasteiger partial charge is 0.462 e. The summed E-state index contributed by atoms with van der Waals surface area (Å²) in [4.78, 5) is 56.6. The van der Waals surface area contributed by atoms with E-state index >= 15 is 0 Å². The number of nitro benzene ring substituents is 1. The Hall–Kier alpha value is -4.08. The number of oxime groups is 1. The van der Waals surface area contributed by atoms with Gasteiger partial charge in [-0.05, 0) is 43.5 Å². The van der Waals surface area contributed by atoms with Crippen molar-refractivity contribution < 1.29 is 28.9 Å². The van der Waals surface area contributed by atoms with Crippen molar-refractivity contribution in [2.75, 3.05) is 11.5 Å². The van der Waals surface area contributed by atoms with Gasteiger partial charge in [0.15, 0.2) is 0 Å². The molecular weight excluding hydrogens is 454 g/mol. The van der Waals surface area contributed by atoms with Crippen molar-refractivity contribution in [1.29, 1.82) is 0 Å². The van der Waals surface area contributed by atoms with Gasteiger partial charge in [-0.25, -0.2) is 4.79 Å². The zero-order valence-corrected chi connectivity index (χ0v) is 18.7. The molecule has 2 saturated carbocycles. The first-order valence-electron chi connectivity index (χ1n) is 11.5. The van der Waals surface area contributed by atoms with E-state index in [0.29, 0.717) is 28.9 Å². The van der Waals surface area contributed by atoms with Crippen LogP contribution >= 0.6 is 0 Å². The number of rotatable bonds is 5. The normalized spacial score (nSPS) is 30.1. The van der Waals surface area contributed by atoms with Crippen LogP contribution in [-0.4, -0.2) is 41.1 Å². The van der Waals surface area contributed by atoms with Crippen LogP contribution in [0.1, 0.15) is 29.3 Å². The number of ether oxygens (including phenoxy) is 1. The van der Waals surface area contributed by atoms with Crippen LogP contribution < -0.4 is 4.90 Å². The summed E-state index contributed by atoms with van der Waals surface area (Å²) in [5, 5.41) is 15.5. The predicted octanol–water partition coefficient (Wildman–Crippen LogP) is 2.95. The van der Waals surface area contributed by atoms with Gasteiger partial charge in [0.1, 0.15) is 6.10 Å². The molecule has 10 heteroatoms. The fourth-order valence-corrected chi connectivity index (χ4v) is 6.36. The van der Waals surface area contributed by atoms with Gasteiger partial charge in [-0.15, -0.1) is 0 Å². The highest BCUT2D eigenvalue weighted by Gasteiger charge is 2.70. The minimum Gasteiger partial charge on any atom is -0.462 e. The summed E-state index contributed by atoms with van der Waals surface area (Å²) < 4.78 is 4.99. The lowest BCUT2D eigenvalue weighted by Crippen LogP contribution is -2.41. The Kier molecular flexibility index (Phi) is 4.73. The highest BCUT2D eigenvalue weighted by Crippen LogP contribution is 2.62. The third-order valence-electron chi connectivity index (χ3n) is 7.68. The van der Waals surface area contributed by atoms with Crippen molar-refractivity contribution in [3.05, 3.63) is 69.8 Å². The monoisotopic (exact) mass is 475 g/mol. The van der Waals surface area contributed by atoms with Gasteiger partial charge in [0.2, 0.25) is 11.8 Å². The van der Waals surface area contributed by atoms with E-state index in [1.807, 2.05) is 0 Å². The smallest absolute Gasteiger partial charge is 0.338 e. The van der Waals surface area contributed by atoms with Crippen molar-refractivity contribution in [3.8, 4) is 0 Å². The fourth-order valence-electron chi connectivity index (χ4n) is 6.36. The number of hydrogen-bond donors (Lipinski definition) is 0. The number of hydrogen-bond acceptors (Lipinski definition) is 8. The molecule has 1 saturated heterocycles. The van der Waals surface area contributed by atoms with Gasteiger partial charge in [0, 0.05) is 29.5 Å². The number of carbonyl (C=O) groups is 3. The molecule has 2 bridgehead atoms. The van der Waals surface area contributed by atoms with Crippen LogP contribution in [0.25, 0.3) is 0 Å². The van der Waals surface area contributed by atoms with Gasteiger partial charge in [-0.3, -0.25) is 24.6 Å². The third kappa shape index (κ3) is 3.02. The lowest BCUT2D eigenvalue weighted by Gasteiger charge is -2.29. The summed E-state index contributed by atoms with van der Waals surface area (Å²) in [5.41, 5.74) is 1.91. The molecule has 2 aliphatic carbocycles. The van der Waals surface area contributed by atoms with E-state index < -0.39 is 22.7 Å². The summed E-state index contributed by atoms with van der Waals surface area (Å²) in [5.74, 6) is -2.48. The molecule has 0 radical (unpaired) electrons. The lowest BCUT2D eigenvalue weighted by molar-refractivity contribution is -0.384. The first-order valence-corrected chi connectivity index (χ1v) is 11.5. The average molecular weight is 475 g/mol. The Morgan fingerprint density at radius 3 is 2.51 bits per heavy atom. The minimum absolute atomic E-state index is 0.0424. The number of nitro groups is 1. The van der Waals surface area contributed by atoms with Crippen LogP contribution in [0.4, 0.5) is 11.4 Å². The topological polar surface area (TPSA) is 128 Å². The summed E-state index contributed by atoms with van der Waals surface area (Å²) in [6, 6.07) is 12.5. The van der Waals surface area contributed by atoms with E-state index in [1.54, 1.807) is 43.3 Å². The highest BCUT2D eigenvalue weighted by molar-refractivity contribution is 6.23. The molecule has 2 heterocycles. The van der Waals surface area contributed by atoms with Gasteiger partial charge < -0.3 is 9.57 Å². The molecule has 0 spiro atoms. The maximum absolute atomic E-state index is 13.5. The second kappa shape index (κ2) is 7.72. The molecule has 6 rings (SSSR count). The summed E-state index contributed by atoms with van der Waals surface area (Å²) in [7, 11) is 0. The molecule has 3 fully saturated rings. The fraction of sp³-hybridized carbons (Fsp3) is 0.360. The molecule has 2 aliphatic heterocycles. The second-order valence-corrected chi connectivity index (χ2v) is 9.27. The Bertz CT molecular complexity index is 1300. The predicted molar refractivity (Wildman–Crippen MR) is 121 cm³/mol. The van der Waals surface area contributed by atoms with Crippen molar-refractivity contribution in [2.45, 2.75) is 19.4 Å². The standard InChI is InChI=1S/C25H21N3O7/c1-2-34-25(31)12-6-8-14(9-7-12)27-23(29)18-16-11-17(19(18)24(27)30)22-20(16)21(26-35-22)13-4-3-5-15(10-13)28(32)33/h3-10,16-20,22H,2,11H2,1H3/t16-,17-,18+,19-,20-,22+/m1/s1. The summed E-state index contributed by atoms with van der Waals surface area (Å²) in [6.07, 6.45) is 0.338. The van der Waals surface area contributed by atoms with Gasteiger partial charge >= 0.3 is 5.97 Å². The Morgan fingerprint density at radius 2 is 1.83 bits per heavy atom. The number of esters is 1. The molecule has 2 amide bonds. The minimum atomic E-state index is -0.496. The molecule has 0 aromatic heterocycles. The van der Waals surface area contributed by atoms with Crippen LogP contribution in [-0.2, 0) is 19.2 Å². The van der Waals surface area contributed by atoms with Crippen LogP contribution in [0.5, 0.6) is 0 Å². The molecule has 35 heavy (non-hydrogen) atoms. The SMILES string of the molecule is CCOC(=O)c1ccc(N2C(=O)[C@@H]3[C@H]4C[C@@H]([C@@H]5C(c6cccc([N+](=O)[O-])c6)=NO[C@@H]45)[C@@H]3C2=O)cc1. The van der Waals surface area contributed by atoms with Gasteiger partial charge in [-0.1, -0.05) is 17.3 Å². The number of non-ortho nitro benzene ring substituents is 1. The quantitative estimate of drug-likeness (QED) is 0.281. The molecule has 2 aromatic rings. The van der Waals surface area contributed by atoms with E-state index in [9.17, 15) is 24.5 Å². The third-order valence-corrected chi connectivity index (χ3v) is 7.68. The molecule has 0 N–H and O–H groups in total. The van der Waals surface area contributed by atoms with E-state index in [0.717, 1.165) is 0 Å². The molecular formula is C25H21N3O7. The van der Waals surface area contributed by atoms with E-state index in [1.165, 1.54) is 17.0 Å². The number of fused-ring (bicyclic) bond motifs is 8. The van der Waals surface area contributed by atoms with Gasteiger partial charge in [-0.2, -0.15) is 0 Å². The van der Waals surface area contributed by atoms with Gasteiger partial charge in [0.05, 0.1) is 40.3 Å². The average Bonchev–Trinajstić information content (AvgIpc) is 3.60. The number of nitrogens with zero attached hydrogens (tertiary/aromatic N) is 3. The summed E-state index contributed by atoms with van der Waals surface area (Å²) >= 11 is 0. The van der Waals surface area contributed by atoms with E-state index in [4.69, 9.17) is 9.57 Å². The Balaban J connectivity index is 1.28. The zero-order chi connectivity index (χ0) is 24.4. The molecule has 2 aromatic carbocycles. The Labute approximate surface area is 199 Å². The maximum atomic E-state index is 13.5. The van der Waals surface area contributed by atoms with Crippen LogP contribution in [0.15, 0.2) is 53.7 Å². The molecule has 6 atom stereocenters. The van der Waals surface area contributed by atoms with Crippen molar-refractivity contribution in [2.24, 2.45) is 34.7 Å². The molecule has 178 valence electrons. The number of carbonyl (C=O) groups excluding carboxylic acids is 3. The number of imide groups is 1. The van der Waals surface area contributed by atoms with Crippen molar-refractivity contribution in [1.82, 2.24) is 0 Å². The van der Waals surface area contributed by atoms with E-state index in [2.05, 4.69) is 5.16 Å². The number of anilines is 1. The van der Waals surface area contributed by atoms with Crippen molar-refractivity contribution >= 4 is 34.9 Å². The second-order valence-electron chi connectivity index (χ2n) is 9.27. The molecule has 0 unspecified atom stereocenters. The lowest BCUT2D eigenvalue weighted by atomic mass is 9.71.